The first-order valence-electron chi connectivity index (χ1n) is 7.70. The van der Waals surface area contributed by atoms with Gasteiger partial charge in [-0.15, -0.1) is 0 Å². The molecule has 0 saturated carbocycles. The molecule has 0 fully saturated rings. The van der Waals surface area contributed by atoms with Crippen molar-refractivity contribution in [3.63, 3.8) is 0 Å². The zero-order chi connectivity index (χ0) is 16.9. The molecule has 0 spiro atoms. The lowest BCUT2D eigenvalue weighted by molar-refractivity contribution is -0.127. The van der Waals surface area contributed by atoms with E-state index in [1.165, 1.54) is 0 Å². The summed E-state index contributed by atoms with van der Waals surface area (Å²) >= 11 is 5.90. The molecule has 3 rings (SSSR count). The van der Waals surface area contributed by atoms with E-state index in [2.05, 4.69) is 5.32 Å². The molecule has 0 radical (unpaired) electrons. The number of hydrogen-bond acceptors (Lipinski definition) is 4. The molecule has 2 atom stereocenters. The highest BCUT2D eigenvalue weighted by atomic mass is 35.5. The number of fused-ring (bicyclic) bond motifs is 1. The Morgan fingerprint density at radius 3 is 2.88 bits per heavy atom. The van der Waals surface area contributed by atoms with Crippen molar-refractivity contribution in [1.82, 2.24) is 5.32 Å². The van der Waals surface area contributed by atoms with Crippen LogP contribution in [0.1, 0.15) is 6.92 Å². The molecular weight excluding hydrogens is 330 g/mol. The smallest absolute Gasteiger partial charge is 0.260 e. The Bertz CT molecular complexity index is 722. The van der Waals surface area contributed by atoms with E-state index < -0.39 is 6.10 Å². The molecule has 0 aromatic heterocycles. The minimum atomic E-state index is -0.639. The van der Waals surface area contributed by atoms with Crippen LogP contribution in [0, 0.1) is 0 Å². The lowest BCUT2D eigenvalue weighted by Gasteiger charge is -2.27. The van der Waals surface area contributed by atoms with Gasteiger partial charge in [0.2, 0.25) is 0 Å². The van der Waals surface area contributed by atoms with E-state index in [0.717, 1.165) is 5.75 Å². The van der Waals surface area contributed by atoms with E-state index in [1.807, 2.05) is 24.3 Å². The van der Waals surface area contributed by atoms with E-state index in [1.54, 1.807) is 31.2 Å². The van der Waals surface area contributed by atoms with Crippen molar-refractivity contribution in [3.05, 3.63) is 53.6 Å². The second-order valence-corrected chi connectivity index (χ2v) is 5.90. The van der Waals surface area contributed by atoms with Crippen LogP contribution in [-0.4, -0.2) is 31.3 Å². The van der Waals surface area contributed by atoms with Gasteiger partial charge in [-0.1, -0.05) is 29.8 Å². The van der Waals surface area contributed by atoms with Crippen LogP contribution in [0.15, 0.2) is 48.5 Å². The summed E-state index contributed by atoms with van der Waals surface area (Å²) in [5.74, 6) is 1.73. The van der Waals surface area contributed by atoms with Gasteiger partial charge >= 0.3 is 0 Å². The second kappa shape index (κ2) is 7.45. The number of rotatable bonds is 5. The van der Waals surface area contributed by atoms with Gasteiger partial charge in [-0.3, -0.25) is 4.79 Å². The van der Waals surface area contributed by atoms with Gasteiger partial charge in [0.05, 0.1) is 6.54 Å². The van der Waals surface area contributed by atoms with Gasteiger partial charge in [0, 0.05) is 5.02 Å². The lowest BCUT2D eigenvalue weighted by Crippen LogP contribution is -2.44. The van der Waals surface area contributed by atoms with Crippen molar-refractivity contribution in [1.29, 1.82) is 0 Å². The number of carbonyl (C=O) groups is 1. The van der Waals surface area contributed by atoms with Crippen LogP contribution in [0.3, 0.4) is 0 Å². The molecule has 0 unspecified atom stereocenters. The summed E-state index contributed by atoms with van der Waals surface area (Å²) in [4.78, 5) is 12.2. The topological polar surface area (TPSA) is 56.8 Å². The predicted octanol–water partition coefficient (Wildman–Crippen LogP) is 3.06. The van der Waals surface area contributed by atoms with Crippen LogP contribution < -0.4 is 19.5 Å². The first kappa shape index (κ1) is 16.5. The number of halogens is 1. The number of nitrogens with one attached hydrogen (secondary N) is 1. The zero-order valence-corrected chi connectivity index (χ0v) is 14.0. The molecule has 1 heterocycles. The minimum Gasteiger partial charge on any atom is -0.486 e. The van der Waals surface area contributed by atoms with E-state index >= 15 is 0 Å². The Hall–Kier alpha value is -2.40. The molecule has 1 N–H and O–H groups in total. The fourth-order valence-electron chi connectivity index (χ4n) is 2.32. The largest absolute Gasteiger partial charge is 0.486 e. The maximum atomic E-state index is 12.2. The maximum absolute atomic E-state index is 12.2. The van der Waals surface area contributed by atoms with Gasteiger partial charge in [0.15, 0.2) is 17.6 Å². The van der Waals surface area contributed by atoms with Gasteiger partial charge in [0.1, 0.15) is 18.5 Å². The molecule has 1 aliphatic rings. The van der Waals surface area contributed by atoms with Crippen LogP contribution in [-0.2, 0) is 4.79 Å². The van der Waals surface area contributed by atoms with Crippen LogP contribution in [0.4, 0.5) is 0 Å². The number of hydrogen-bond donors (Lipinski definition) is 1. The molecule has 6 heteroatoms. The molecule has 1 amide bonds. The number of benzene rings is 2. The predicted molar refractivity (Wildman–Crippen MR) is 90.9 cm³/mol. The van der Waals surface area contributed by atoms with Crippen molar-refractivity contribution in [3.8, 4) is 17.2 Å². The normalized spacial score (nSPS) is 17.0. The van der Waals surface area contributed by atoms with E-state index in [9.17, 15) is 4.79 Å². The molecule has 2 aromatic carbocycles. The first-order chi connectivity index (χ1) is 11.6. The third kappa shape index (κ3) is 4.11. The van der Waals surface area contributed by atoms with E-state index in [0.29, 0.717) is 29.7 Å². The van der Waals surface area contributed by atoms with Crippen LogP contribution in [0.5, 0.6) is 17.2 Å². The van der Waals surface area contributed by atoms with E-state index in [4.69, 9.17) is 25.8 Å². The zero-order valence-electron chi connectivity index (χ0n) is 13.2. The fraction of sp³-hybridized carbons (Fsp3) is 0.278. The molecule has 126 valence electrons. The summed E-state index contributed by atoms with van der Waals surface area (Å²) in [6.07, 6.45) is -0.873. The number of ether oxygens (including phenoxy) is 3. The Balaban J connectivity index is 1.49. The average Bonchev–Trinajstić information content (AvgIpc) is 2.59. The summed E-state index contributed by atoms with van der Waals surface area (Å²) in [6, 6.07) is 14.4. The Morgan fingerprint density at radius 1 is 1.29 bits per heavy atom. The maximum Gasteiger partial charge on any atom is 0.260 e. The molecule has 0 saturated heterocycles. The van der Waals surface area contributed by atoms with Gasteiger partial charge in [-0.05, 0) is 37.3 Å². The molecule has 1 aliphatic heterocycles. The molecular formula is C18H18ClNO4. The highest BCUT2D eigenvalue weighted by Gasteiger charge is 2.22. The van der Waals surface area contributed by atoms with Crippen molar-refractivity contribution < 1.29 is 19.0 Å². The Kier molecular flexibility index (Phi) is 5.11. The summed E-state index contributed by atoms with van der Waals surface area (Å²) < 4.78 is 17.0. The van der Waals surface area contributed by atoms with Crippen LogP contribution >= 0.6 is 11.6 Å². The minimum absolute atomic E-state index is 0.225. The van der Waals surface area contributed by atoms with Gasteiger partial charge in [-0.25, -0.2) is 0 Å². The fourth-order valence-corrected chi connectivity index (χ4v) is 2.50. The first-order valence-corrected chi connectivity index (χ1v) is 8.08. The summed E-state index contributed by atoms with van der Waals surface area (Å²) in [6.45, 7) is 2.42. The monoisotopic (exact) mass is 347 g/mol. The molecule has 2 aromatic rings. The highest BCUT2D eigenvalue weighted by molar-refractivity contribution is 6.30. The van der Waals surface area contributed by atoms with Gasteiger partial charge in [0.25, 0.3) is 5.91 Å². The van der Waals surface area contributed by atoms with Crippen LogP contribution in [0.25, 0.3) is 0 Å². The summed E-state index contributed by atoms with van der Waals surface area (Å²) in [5, 5.41) is 3.38. The lowest BCUT2D eigenvalue weighted by atomic mass is 10.2. The molecule has 0 bridgehead atoms. The Labute approximate surface area is 145 Å². The summed E-state index contributed by atoms with van der Waals surface area (Å²) in [7, 11) is 0. The standard InChI is InChI=1S/C18H18ClNO4/c1-12(23-14-6-4-5-13(19)9-14)18(21)20-10-15-11-22-16-7-2-3-8-17(16)24-15/h2-9,12,15H,10-11H2,1H3,(H,20,21)/t12-,15-/m0/s1. The van der Waals surface area contributed by atoms with Gasteiger partial charge in [-0.2, -0.15) is 0 Å². The highest BCUT2D eigenvalue weighted by Crippen LogP contribution is 2.30. The number of para-hydroxylation sites is 2. The van der Waals surface area contributed by atoms with Crippen molar-refractivity contribution in [2.24, 2.45) is 0 Å². The number of carbonyl (C=O) groups excluding carboxylic acids is 1. The van der Waals surface area contributed by atoms with Crippen molar-refractivity contribution >= 4 is 17.5 Å². The Morgan fingerprint density at radius 2 is 2.08 bits per heavy atom. The molecule has 24 heavy (non-hydrogen) atoms. The van der Waals surface area contributed by atoms with Crippen molar-refractivity contribution in [2.75, 3.05) is 13.2 Å². The third-order valence-electron chi connectivity index (χ3n) is 3.55. The van der Waals surface area contributed by atoms with Gasteiger partial charge < -0.3 is 19.5 Å². The molecule has 0 aliphatic carbocycles. The quantitative estimate of drug-likeness (QED) is 0.903. The molecule has 5 nitrogen and oxygen atoms in total. The average molecular weight is 348 g/mol. The van der Waals surface area contributed by atoms with Crippen molar-refractivity contribution in [2.45, 2.75) is 19.1 Å². The van der Waals surface area contributed by atoms with E-state index in [-0.39, 0.29) is 12.0 Å². The summed E-state index contributed by atoms with van der Waals surface area (Å²) in [5.41, 5.74) is 0. The third-order valence-corrected chi connectivity index (χ3v) is 3.78. The second-order valence-electron chi connectivity index (χ2n) is 5.46. The van der Waals surface area contributed by atoms with Crippen LogP contribution in [0.2, 0.25) is 5.02 Å². The number of amides is 1. The SMILES string of the molecule is C[C@H](Oc1cccc(Cl)c1)C(=O)NC[C@H]1COc2ccccc2O1.